The van der Waals surface area contributed by atoms with E-state index in [1.54, 1.807) is 16.7 Å². The van der Waals surface area contributed by atoms with Gasteiger partial charge in [0.15, 0.2) is 10.8 Å². The Balaban J connectivity index is 1.76. The molecule has 0 aliphatic carbocycles. The lowest BCUT2D eigenvalue weighted by atomic mass is 10.2. The van der Waals surface area contributed by atoms with Crippen molar-refractivity contribution in [3.8, 4) is 0 Å². The molecule has 0 N–H and O–H groups in total. The molecule has 5 nitrogen and oxygen atoms in total. The highest BCUT2D eigenvalue weighted by Crippen LogP contribution is 2.28. The molecule has 1 unspecified atom stereocenters. The smallest absolute Gasteiger partial charge is 0.236 e. The van der Waals surface area contributed by atoms with Crippen LogP contribution in [0.25, 0.3) is 5.65 Å². The van der Waals surface area contributed by atoms with Crippen LogP contribution in [0.2, 0.25) is 10.0 Å². The first-order valence-electron chi connectivity index (χ1n) is 8.18. The summed E-state index contributed by atoms with van der Waals surface area (Å²) in [7, 11) is 0. The molecular formula is C18H18Cl2N4OS. The minimum Gasteiger partial charge on any atom is -0.338 e. The third-order valence-electron chi connectivity index (χ3n) is 3.93. The molecule has 0 radical (unpaired) electrons. The fourth-order valence-corrected chi connectivity index (χ4v) is 4.01. The van der Waals surface area contributed by atoms with Crippen LogP contribution in [0.15, 0.2) is 47.8 Å². The SMILES string of the molecule is CCN(Cc1ccccc1)C(=O)C(C)Sc1nnc2c(Cl)cc(Cl)cn12. The van der Waals surface area contributed by atoms with Crippen molar-refractivity contribution in [3.05, 3.63) is 58.2 Å². The predicted molar refractivity (Wildman–Crippen MR) is 106 cm³/mol. The minimum absolute atomic E-state index is 0.0474. The molecule has 2 heterocycles. The van der Waals surface area contributed by atoms with Gasteiger partial charge in [-0.3, -0.25) is 9.20 Å². The van der Waals surface area contributed by atoms with Crippen LogP contribution in [0.4, 0.5) is 0 Å². The molecular weight excluding hydrogens is 391 g/mol. The Hall–Kier alpha value is -1.76. The van der Waals surface area contributed by atoms with E-state index in [2.05, 4.69) is 10.2 Å². The summed E-state index contributed by atoms with van der Waals surface area (Å²) >= 11 is 13.6. The van der Waals surface area contributed by atoms with Crippen molar-refractivity contribution in [2.45, 2.75) is 30.8 Å². The number of carbonyl (C=O) groups is 1. The summed E-state index contributed by atoms with van der Waals surface area (Å²) in [6, 6.07) is 11.6. The van der Waals surface area contributed by atoms with Crippen molar-refractivity contribution in [3.63, 3.8) is 0 Å². The lowest BCUT2D eigenvalue weighted by Crippen LogP contribution is -2.36. The lowest BCUT2D eigenvalue weighted by Gasteiger charge is -2.24. The molecule has 0 spiro atoms. The first-order chi connectivity index (χ1) is 12.5. The Morgan fingerprint density at radius 3 is 2.69 bits per heavy atom. The number of pyridine rings is 1. The van der Waals surface area contributed by atoms with Gasteiger partial charge in [-0.05, 0) is 25.5 Å². The molecule has 1 atom stereocenters. The summed E-state index contributed by atoms with van der Waals surface area (Å²) < 4.78 is 1.71. The van der Waals surface area contributed by atoms with Gasteiger partial charge in [0.25, 0.3) is 0 Å². The zero-order chi connectivity index (χ0) is 18.7. The molecule has 26 heavy (non-hydrogen) atoms. The second-order valence-corrected chi connectivity index (χ2v) is 7.93. The first kappa shape index (κ1) is 19.0. The third-order valence-corrected chi connectivity index (χ3v) is 5.46. The van der Waals surface area contributed by atoms with Gasteiger partial charge >= 0.3 is 0 Å². The van der Waals surface area contributed by atoms with Gasteiger partial charge in [-0.1, -0.05) is 65.3 Å². The summed E-state index contributed by atoms with van der Waals surface area (Å²) in [5.74, 6) is 0.0474. The van der Waals surface area contributed by atoms with Crippen molar-refractivity contribution in [2.24, 2.45) is 0 Å². The number of carbonyl (C=O) groups excluding carboxylic acids is 1. The third kappa shape index (κ3) is 4.14. The van der Waals surface area contributed by atoms with E-state index in [-0.39, 0.29) is 11.2 Å². The molecule has 1 aromatic carbocycles. The number of thioether (sulfide) groups is 1. The predicted octanol–water partition coefficient (Wildman–Crippen LogP) is 4.57. The maximum absolute atomic E-state index is 12.9. The van der Waals surface area contributed by atoms with E-state index in [9.17, 15) is 4.79 Å². The quantitative estimate of drug-likeness (QED) is 0.560. The normalized spacial score (nSPS) is 12.3. The molecule has 136 valence electrons. The van der Waals surface area contributed by atoms with Gasteiger partial charge in [-0.15, -0.1) is 10.2 Å². The number of halogens is 2. The van der Waals surface area contributed by atoms with Gasteiger partial charge in [0.2, 0.25) is 5.91 Å². The molecule has 8 heteroatoms. The number of hydrogen-bond acceptors (Lipinski definition) is 4. The summed E-state index contributed by atoms with van der Waals surface area (Å²) in [6.45, 7) is 5.06. The zero-order valence-corrected chi connectivity index (χ0v) is 16.7. The van der Waals surface area contributed by atoms with Gasteiger partial charge in [-0.25, -0.2) is 0 Å². The van der Waals surface area contributed by atoms with Gasteiger partial charge < -0.3 is 4.90 Å². The van der Waals surface area contributed by atoms with Crippen molar-refractivity contribution in [1.82, 2.24) is 19.5 Å². The summed E-state index contributed by atoms with van der Waals surface area (Å²) in [5.41, 5.74) is 1.63. The Morgan fingerprint density at radius 2 is 2.00 bits per heavy atom. The highest BCUT2D eigenvalue weighted by atomic mass is 35.5. The second-order valence-electron chi connectivity index (χ2n) is 5.78. The van der Waals surface area contributed by atoms with Crippen LogP contribution < -0.4 is 0 Å². The Kier molecular flexibility index (Phi) is 6.06. The zero-order valence-electron chi connectivity index (χ0n) is 14.4. The van der Waals surface area contributed by atoms with E-state index in [1.807, 2.05) is 49.1 Å². The van der Waals surface area contributed by atoms with Crippen LogP contribution in [0.5, 0.6) is 0 Å². The van der Waals surface area contributed by atoms with Crippen LogP contribution in [0.1, 0.15) is 19.4 Å². The summed E-state index contributed by atoms with van der Waals surface area (Å²) in [4.78, 5) is 14.7. The van der Waals surface area contributed by atoms with E-state index >= 15 is 0 Å². The molecule has 0 fully saturated rings. The number of rotatable bonds is 6. The van der Waals surface area contributed by atoms with Crippen molar-refractivity contribution >= 4 is 46.5 Å². The van der Waals surface area contributed by atoms with Crippen molar-refractivity contribution < 1.29 is 4.79 Å². The molecule has 2 aromatic heterocycles. The molecule has 0 aliphatic heterocycles. The second kappa shape index (κ2) is 8.29. The van der Waals surface area contributed by atoms with Crippen LogP contribution >= 0.6 is 35.0 Å². The molecule has 0 saturated carbocycles. The number of fused-ring (bicyclic) bond motifs is 1. The van der Waals surface area contributed by atoms with Crippen molar-refractivity contribution in [1.29, 1.82) is 0 Å². The van der Waals surface area contributed by atoms with Crippen LogP contribution in [-0.2, 0) is 11.3 Å². The van der Waals surface area contributed by atoms with Gasteiger partial charge in [0, 0.05) is 19.3 Å². The average Bonchev–Trinajstić information content (AvgIpc) is 3.03. The fourth-order valence-electron chi connectivity index (χ4n) is 2.60. The highest BCUT2D eigenvalue weighted by molar-refractivity contribution is 8.00. The van der Waals surface area contributed by atoms with E-state index in [0.29, 0.717) is 33.9 Å². The van der Waals surface area contributed by atoms with Crippen LogP contribution in [-0.4, -0.2) is 37.2 Å². The Bertz CT molecular complexity index is 916. The van der Waals surface area contributed by atoms with E-state index in [0.717, 1.165) is 5.56 Å². The number of amides is 1. The molecule has 0 aliphatic rings. The van der Waals surface area contributed by atoms with E-state index in [1.165, 1.54) is 11.8 Å². The topological polar surface area (TPSA) is 50.5 Å². The van der Waals surface area contributed by atoms with E-state index < -0.39 is 0 Å². The number of hydrogen-bond donors (Lipinski definition) is 0. The maximum atomic E-state index is 12.9. The van der Waals surface area contributed by atoms with Gasteiger partial charge in [0.1, 0.15) is 0 Å². The minimum atomic E-state index is -0.316. The maximum Gasteiger partial charge on any atom is 0.236 e. The molecule has 3 rings (SSSR count). The first-order valence-corrected chi connectivity index (χ1v) is 9.82. The average molecular weight is 409 g/mol. The summed E-state index contributed by atoms with van der Waals surface area (Å²) in [5, 5.41) is 9.41. The van der Waals surface area contributed by atoms with Gasteiger partial charge in [0.05, 0.1) is 15.3 Å². The number of benzene rings is 1. The summed E-state index contributed by atoms with van der Waals surface area (Å²) in [6.07, 6.45) is 1.70. The molecule has 1 amide bonds. The van der Waals surface area contributed by atoms with Gasteiger partial charge in [-0.2, -0.15) is 0 Å². The van der Waals surface area contributed by atoms with Crippen LogP contribution in [0, 0.1) is 0 Å². The lowest BCUT2D eigenvalue weighted by molar-refractivity contribution is -0.130. The van der Waals surface area contributed by atoms with Crippen LogP contribution in [0.3, 0.4) is 0 Å². The van der Waals surface area contributed by atoms with E-state index in [4.69, 9.17) is 23.2 Å². The fraction of sp³-hybridized carbons (Fsp3) is 0.278. The van der Waals surface area contributed by atoms with Crippen molar-refractivity contribution in [2.75, 3.05) is 6.54 Å². The molecule has 3 aromatic rings. The molecule has 0 bridgehead atoms. The Labute approximate surface area is 166 Å². The monoisotopic (exact) mass is 408 g/mol. The molecule has 0 saturated heterocycles. The number of aromatic nitrogens is 3. The highest BCUT2D eigenvalue weighted by Gasteiger charge is 2.23. The number of nitrogens with zero attached hydrogens (tertiary/aromatic N) is 4. The largest absolute Gasteiger partial charge is 0.338 e. The Morgan fingerprint density at radius 1 is 1.27 bits per heavy atom. The standard InChI is InChI=1S/C18H18Cl2N4OS/c1-3-23(10-13-7-5-4-6-8-13)17(25)12(2)26-18-22-21-16-15(20)9-14(19)11-24(16)18/h4-9,11-12H,3,10H2,1-2H3.